The van der Waals surface area contributed by atoms with Gasteiger partial charge in [-0.05, 0) is 55.6 Å². The van der Waals surface area contributed by atoms with Crippen molar-refractivity contribution in [2.24, 2.45) is 0 Å². The maximum Gasteiger partial charge on any atom is 0.416 e. The molecule has 124 valence electrons. The maximum atomic E-state index is 12.4. The Morgan fingerprint density at radius 1 is 1.43 bits per heavy atom. The van der Waals surface area contributed by atoms with Crippen LogP contribution in [-0.2, 0) is 4.74 Å². The van der Waals surface area contributed by atoms with Crippen molar-refractivity contribution in [3.05, 3.63) is 16.1 Å². The van der Waals surface area contributed by atoms with Crippen LogP contribution in [0.2, 0.25) is 0 Å². The molecule has 0 spiro atoms. The van der Waals surface area contributed by atoms with Crippen LogP contribution in [0.1, 0.15) is 50.4 Å². The van der Waals surface area contributed by atoms with Gasteiger partial charge in [0.2, 0.25) is 0 Å². The van der Waals surface area contributed by atoms with E-state index in [1.54, 1.807) is 6.07 Å². The molecular formula is C16H20BrN3O3. The first kappa shape index (κ1) is 16.2. The lowest BCUT2D eigenvalue weighted by atomic mass is 10.0. The number of ketones is 1. The van der Waals surface area contributed by atoms with Crippen molar-refractivity contribution in [1.29, 1.82) is 0 Å². The Bertz CT molecular complexity index is 665. The Kier molecular flexibility index (Phi) is 4.08. The minimum atomic E-state index is -0.594. The first-order chi connectivity index (χ1) is 10.7. The monoisotopic (exact) mass is 381 g/mol. The molecule has 6 nitrogen and oxygen atoms in total. The van der Waals surface area contributed by atoms with Gasteiger partial charge >= 0.3 is 6.09 Å². The molecule has 23 heavy (non-hydrogen) atoms. The summed E-state index contributed by atoms with van der Waals surface area (Å²) < 4.78 is 6.17. The van der Waals surface area contributed by atoms with E-state index in [-0.39, 0.29) is 18.7 Å². The molecule has 7 heteroatoms. The van der Waals surface area contributed by atoms with E-state index in [2.05, 4.69) is 26.2 Å². The quantitative estimate of drug-likeness (QED) is 0.844. The number of amides is 1. The van der Waals surface area contributed by atoms with Crippen molar-refractivity contribution in [2.45, 2.75) is 51.7 Å². The van der Waals surface area contributed by atoms with E-state index >= 15 is 0 Å². The fraction of sp³-hybridized carbons (Fsp3) is 0.562. The summed E-state index contributed by atoms with van der Waals surface area (Å²) in [6.45, 7) is 5.74. The van der Waals surface area contributed by atoms with Crippen molar-refractivity contribution >= 4 is 39.4 Å². The fourth-order valence-electron chi connectivity index (χ4n) is 2.36. The molecule has 1 saturated carbocycles. The van der Waals surface area contributed by atoms with Gasteiger partial charge in [-0.15, -0.1) is 0 Å². The summed E-state index contributed by atoms with van der Waals surface area (Å²) in [5.74, 6) is 1.03. The van der Waals surface area contributed by atoms with Crippen LogP contribution in [0.5, 0.6) is 0 Å². The van der Waals surface area contributed by atoms with Crippen LogP contribution in [-0.4, -0.2) is 35.0 Å². The number of hydrogen-bond acceptors (Lipinski definition) is 5. The number of rotatable bonds is 2. The SMILES string of the molecule is CC(C)(C)OC(=O)N1CCC(=O)c2cc(Br)c(NC3CC3)nc21. The molecule has 1 amide bonds. The molecular weight excluding hydrogens is 362 g/mol. The fourth-order valence-corrected chi connectivity index (χ4v) is 2.79. The number of hydrogen-bond donors (Lipinski definition) is 1. The Balaban J connectivity index is 1.95. The van der Waals surface area contributed by atoms with Gasteiger partial charge in [0.05, 0.1) is 10.0 Å². The van der Waals surface area contributed by atoms with Gasteiger partial charge < -0.3 is 10.1 Å². The molecule has 0 saturated heterocycles. The predicted octanol–water partition coefficient (Wildman–Crippen LogP) is 3.75. The van der Waals surface area contributed by atoms with E-state index in [4.69, 9.17) is 4.74 Å². The topological polar surface area (TPSA) is 71.5 Å². The highest BCUT2D eigenvalue weighted by molar-refractivity contribution is 9.10. The van der Waals surface area contributed by atoms with Crippen LogP contribution < -0.4 is 10.2 Å². The lowest BCUT2D eigenvalue weighted by molar-refractivity contribution is 0.0576. The Labute approximate surface area is 143 Å². The smallest absolute Gasteiger partial charge is 0.416 e. The third-order valence-corrected chi connectivity index (χ3v) is 4.21. The summed E-state index contributed by atoms with van der Waals surface area (Å²) in [7, 11) is 0. The number of anilines is 2. The van der Waals surface area contributed by atoms with Gasteiger partial charge in [-0.1, -0.05) is 0 Å². The molecule has 2 aliphatic rings. The molecule has 0 aromatic carbocycles. The maximum absolute atomic E-state index is 12.4. The number of fused-ring (bicyclic) bond motifs is 1. The van der Waals surface area contributed by atoms with Crippen LogP contribution in [0.3, 0.4) is 0 Å². The lowest BCUT2D eigenvalue weighted by Gasteiger charge is -2.30. The van der Waals surface area contributed by atoms with Crippen LogP contribution in [0, 0.1) is 0 Å². The summed E-state index contributed by atoms with van der Waals surface area (Å²) in [5, 5.41) is 3.31. The molecule has 0 bridgehead atoms. The Morgan fingerprint density at radius 3 is 2.74 bits per heavy atom. The number of Topliss-reactive ketones (excluding diaryl/α,β-unsaturated/α-hetero) is 1. The predicted molar refractivity (Wildman–Crippen MR) is 91.1 cm³/mol. The van der Waals surface area contributed by atoms with Crippen molar-refractivity contribution in [3.8, 4) is 0 Å². The average Bonchev–Trinajstić information content (AvgIpc) is 3.23. The van der Waals surface area contributed by atoms with Crippen molar-refractivity contribution in [3.63, 3.8) is 0 Å². The van der Waals surface area contributed by atoms with E-state index < -0.39 is 11.7 Å². The standard InChI is InChI=1S/C16H20BrN3O3/c1-16(2,3)23-15(22)20-7-6-12(21)10-8-11(17)13(19-14(10)20)18-9-4-5-9/h8-9H,4-7H2,1-3H3,(H,18,19). The third-order valence-electron chi connectivity index (χ3n) is 3.61. The Morgan fingerprint density at radius 2 is 2.13 bits per heavy atom. The van der Waals surface area contributed by atoms with Gasteiger partial charge in [0.25, 0.3) is 0 Å². The second kappa shape index (κ2) is 5.78. The van der Waals surface area contributed by atoms with E-state index in [0.29, 0.717) is 23.2 Å². The summed E-state index contributed by atoms with van der Waals surface area (Å²) in [5.41, 5.74) is -0.140. The van der Waals surface area contributed by atoms with Crippen LogP contribution in [0.4, 0.5) is 16.4 Å². The number of nitrogens with one attached hydrogen (secondary N) is 1. The largest absolute Gasteiger partial charge is 0.443 e. The van der Waals surface area contributed by atoms with Gasteiger partial charge in [0.1, 0.15) is 11.4 Å². The van der Waals surface area contributed by atoms with Gasteiger partial charge in [-0.3, -0.25) is 9.69 Å². The van der Waals surface area contributed by atoms with Crippen LogP contribution in [0.25, 0.3) is 0 Å². The number of pyridine rings is 1. The van der Waals surface area contributed by atoms with Gasteiger partial charge in [0.15, 0.2) is 11.6 Å². The highest BCUT2D eigenvalue weighted by Crippen LogP contribution is 2.35. The number of ether oxygens (including phenoxy) is 1. The number of carbonyl (C=O) groups is 2. The lowest BCUT2D eigenvalue weighted by Crippen LogP contribution is -2.41. The normalized spacial score (nSPS) is 17.7. The van der Waals surface area contributed by atoms with Crippen molar-refractivity contribution in [1.82, 2.24) is 4.98 Å². The number of aromatic nitrogens is 1. The van der Waals surface area contributed by atoms with E-state index in [0.717, 1.165) is 17.3 Å². The zero-order valence-corrected chi connectivity index (χ0v) is 15.1. The summed E-state index contributed by atoms with van der Waals surface area (Å²) in [6.07, 6.45) is 2.02. The molecule has 2 heterocycles. The minimum absolute atomic E-state index is 0.00835. The second-order valence-corrected chi connectivity index (χ2v) is 7.77. The molecule has 1 aromatic heterocycles. The first-order valence-corrected chi connectivity index (χ1v) is 8.55. The second-order valence-electron chi connectivity index (χ2n) is 6.91. The van der Waals surface area contributed by atoms with E-state index in [9.17, 15) is 9.59 Å². The van der Waals surface area contributed by atoms with Crippen molar-refractivity contribution in [2.75, 3.05) is 16.8 Å². The molecule has 3 rings (SSSR count). The van der Waals surface area contributed by atoms with E-state index in [1.165, 1.54) is 4.90 Å². The van der Waals surface area contributed by atoms with Gasteiger partial charge in [-0.25, -0.2) is 9.78 Å². The third kappa shape index (κ3) is 3.65. The zero-order chi connectivity index (χ0) is 16.8. The van der Waals surface area contributed by atoms with Gasteiger partial charge in [0, 0.05) is 19.0 Å². The molecule has 1 aliphatic heterocycles. The molecule has 0 atom stereocenters. The average molecular weight is 382 g/mol. The molecule has 1 N–H and O–H groups in total. The van der Waals surface area contributed by atoms with Crippen LogP contribution in [0.15, 0.2) is 10.5 Å². The highest BCUT2D eigenvalue weighted by atomic mass is 79.9. The Hall–Kier alpha value is -1.63. The van der Waals surface area contributed by atoms with Gasteiger partial charge in [-0.2, -0.15) is 0 Å². The summed E-state index contributed by atoms with van der Waals surface area (Å²) in [6, 6.07) is 2.16. The summed E-state index contributed by atoms with van der Waals surface area (Å²) in [4.78, 5) is 30.6. The zero-order valence-electron chi connectivity index (χ0n) is 13.5. The first-order valence-electron chi connectivity index (χ1n) is 7.75. The van der Waals surface area contributed by atoms with E-state index in [1.807, 2.05) is 20.8 Å². The number of carbonyl (C=O) groups excluding carboxylic acids is 2. The molecule has 1 fully saturated rings. The highest BCUT2D eigenvalue weighted by Gasteiger charge is 2.33. The molecule has 0 unspecified atom stereocenters. The number of nitrogens with zero attached hydrogens (tertiary/aromatic N) is 2. The number of halogens is 1. The van der Waals surface area contributed by atoms with Crippen molar-refractivity contribution < 1.29 is 14.3 Å². The summed E-state index contributed by atoms with van der Waals surface area (Å²) >= 11 is 3.45. The molecule has 1 aliphatic carbocycles. The van der Waals surface area contributed by atoms with Crippen LogP contribution >= 0.6 is 15.9 Å². The minimum Gasteiger partial charge on any atom is -0.443 e. The molecule has 1 aromatic rings. The molecule has 0 radical (unpaired) electrons.